The van der Waals surface area contributed by atoms with Crippen molar-refractivity contribution in [1.29, 1.82) is 0 Å². The summed E-state index contributed by atoms with van der Waals surface area (Å²) in [4.78, 5) is 19.8. The maximum Gasteiger partial charge on any atom is 0.271 e. The Kier molecular flexibility index (Phi) is 3.28. The number of hydrogen-bond acceptors (Lipinski definition) is 4. The van der Waals surface area contributed by atoms with Gasteiger partial charge in [0.15, 0.2) is 0 Å². The van der Waals surface area contributed by atoms with Crippen LogP contribution in [-0.2, 0) is 0 Å². The molecule has 2 heterocycles. The zero-order valence-electron chi connectivity index (χ0n) is 10.5. The van der Waals surface area contributed by atoms with Gasteiger partial charge in [-0.05, 0) is 18.2 Å². The van der Waals surface area contributed by atoms with Crippen LogP contribution < -0.4 is 10.1 Å². The fourth-order valence-corrected chi connectivity index (χ4v) is 2.16. The summed E-state index contributed by atoms with van der Waals surface area (Å²) < 4.78 is 18.8. The second kappa shape index (κ2) is 5.24. The van der Waals surface area contributed by atoms with Crippen molar-refractivity contribution in [3.8, 4) is 5.75 Å². The van der Waals surface area contributed by atoms with E-state index >= 15 is 0 Å². The van der Waals surface area contributed by atoms with Crippen molar-refractivity contribution in [3.63, 3.8) is 0 Å². The Hall–Kier alpha value is -2.50. The van der Waals surface area contributed by atoms with Gasteiger partial charge in [0.25, 0.3) is 5.91 Å². The number of carbonyl (C=O) groups is 1. The summed E-state index contributed by atoms with van der Waals surface area (Å²) in [5.74, 6) is -0.0877. The zero-order valence-corrected chi connectivity index (χ0v) is 10.5. The summed E-state index contributed by atoms with van der Waals surface area (Å²) in [7, 11) is 0. The van der Waals surface area contributed by atoms with Gasteiger partial charge in [0, 0.05) is 24.4 Å². The molecule has 0 saturated heterocycles. The van der Waals surface area contributed by atoms with Crippen LogP contribution in [0.25, 0.3) is 0 Å². The number of hydrogen-bond donors (Lipinski definition) is 1. The number of ether oxygens (including phenoxy) is 1. The molecule has 0 spiro atoms. The van der Waals surface area contributed by atoms with E-state index in [-0.39, 0.29) is 23.5 Å². The lowest BCUT2D eigenvalue weighted by Crippen LogP contribution is -2.32. The summed E-state index contributed by atoms with van der Waals surface area (Å²) >= 11 is 0. The zero-order chi connectivity index (χ0) is 13.9. The predicted octanol–water partition coefficient (Wildman–Crippen LogP) is 1.87. The van der Waals surface area contributed by atoms with Gasteiger partial charge >= 0.3 is 0 Å². The van der Waals surface area contributed by atoms with Gasteiger partial charge < -0.3 is 10.1 Å². The molecule has 1 aromatic carbocycles. The largest absolute Gasteiger partial charge is 0.493 e. The van der Waals surface area contributed by atoms with E-state index in [0.29, 0.717) is 24.3 Å². The second-order valence-electron chi connectivity index (χ2n) is 4.44. The van der Waals surface area contributed by atoms with Crippen molar-refractivity contribution < 1.29 is 13.9 Å². The van der Waals surface area contributed by atoms with Gasteiger partial charge in [0.2, 0.25) is 0 Å². The van der Waals surface area contributed by atoms with E-state index in [2.05, 4.69) is 15.3 Å². The summed E-state index contributed by atoms with van der Waals surface area (Å²) in [5.41, 5.74) is 0.880. The molecule has 0 fully saturated rings. The molecule has 0 radical (unpaired) electrons. The monoisotopic (exact) mass is 273 g/mol. The normalized spacial score (nSPS) is 16.9. The summed E-state index contributed by atoms with van der Waals surface area (Å²) in [6.45, 7) is 0.476. The van der Waals surface area contributed by atoms with E-state index in [9.17, 15) is 9.18 Å². The SMILES string of the molecule is O=C(NC1CCOc2ccc(F)cc21)c1cnccn1. The Bertz CT molecular complexity index is 634. The Morgan fingerprint density at radius 2 is 2.30 bits per heavy atom. The van der Waals surface area contributed by atoms with Crippen molar-refractivity contribution in [1.82, 2.24) is 15.3 Å². The number of amides is 1. The van der Waals surface area contributed by atoms with Crippen molar-refractivity contribution in [2.75, 3.05) is 6.61 Å². The standard InChI is InChI=1S/C14H12FN3O2/c15-9-1-2-13-10(7-9)11(3-6-20-13)18-14(19)12-8-16-4-5-17-12/h1-2,4-5,7-8,11H,3,6H2,(H,18,19). The minimum absolute atomic E-state index is 0.233. The molecule has 20 heavy (non-hydrogen) atoms. The quantitative estimate of drug-likeness (QED) is 0.907. The van der Waals surface area contributed by atoms with Crippen molar-refractivity contribution in [2.24, 2.45) is 0 Å². The number of fused-ring (bicyclic) bond motifs is 1. The van der Waals surface area contributed by atoms with Crippen LogP contribution >= 0.6 is 0 Å². The number of nitrogens with one attached hydrogen (secondary N) is 1. The molecule has 3 rings (SSSR count). The number of benzene rings is 1. The minimum Gasteiger partial charge on any atom is -0.493 e. The highest BCUT2D eigenvalue weighted by Gasteiger charge is 2.24. The maximum absolute atomic E-state index is 13.3. The highest BCUT2D eigenvalue weighted by atomic mass is 19.1. The number of rotatable bonds is 2. The third-order valence-corrected chi connectivity index (χ3v) is 3.11. The third kappa shape index (κ3) is 2.45. The van der Waals surface area contributed by atoms with Gasteiger partial charge in [-0.3, -0.25) is 9.78 Å². The first-order valence-electron chi connectivity index (χ1n) is 6.23. The molecule has 6 heteroatoms. The minimum atomic E-state index is -0.354. The molecule has 1 aromatic heterocycles. The first kappa shape index (κ1) is 12.5. The molecule has 2 aromatic rings. The van der Waals surface area contributed by atoms with Crippen LogP contribution in [-0.4, -0.2) is 22.5 Å². The maximum atomic E-state index is 13.3. The number of aromatic nitrogens is 2. The molecule has 0 bridgehead atoms. The lowest BCUT2D eigenvalue weighted by molar-refractivity contribution is 0.0919. The molecular formula is C14H12FN3O2. The number of halogens is 1. The summed E-state index contributed by atoms with van der Waals surface area (Å²) in [6.07, 6.45) is 4.92. The van der Waals surface area contributed by atoms with Crippen LogP contribution in [0.1, 0.15) is 28.5 Å². The molecule has 1 unspecified atom stereocenters. The van der Waals surface area contributed by atoms with Gasteiger partial charge in [0.05, 0.1) is 18.8 Å². The van der Waals surface area contributed by atoms with E-state index < -0.39 is 0 Å². The molecule has 102 valence electrons. The molecule has 1 amide bonds. The van der Waals surface area contributed by atoms with E-state index in [0.717, 1.165) is 0 Å². The Balaban J connectivity index is 1.83. The van der Waals surface area contributed by atoms with Gasteiger partial charge in [-0.2, -0.15) is 0 Å². The average molecular weight is 273 g/mol. The molecule has 1 aliphatic heterocycles. The van der Waals surface area contributed by atoms with E-state index in [1.807, 2.05) is 0 Å². The second-order valence-corrected chi connectivity index (χ2v) is 4.44. The van der Waals surface area contributed by atoms with Crippen molar-refractivity contribution in [3.05, 3.63) is 53.9 Å². The van der Waals surface area contributed by atoms with Crippen molar-refractivity contribution in [2.45, 2.75) is 12.5 Å². The first-order chi connectivity index (χ1) is 9.74. The Labute approximate surface area is 114 Å². The lowest BCUT2D eigenvalue weighted by atomic mass is 10.0. The molecule has 0 saturated carbocycles. The molecule has 5 nitrogen and oxygen atoms in total. The van der Waals surface area contributed by atoms with Gasteiger partial charge in [-0.1, -0.05) is 0 Å². The Morgan fingerprint density at radius 1 is 1.40 bits per heavy atom. The Morgan fingerprint density at radius 3 is 3.10 bits per heavy atom. The van der Waals surface area contributed by atoms with E-state index in [4.69, 9.17) is 4.74 Å². The highest BCUT2D eigenvalue weighted by molar-refractivity contribution is 5.92. The molecular weight excluding hydrogens is 261 g/mol. The van der Waals surface area contributed by atoms with Crippen molar-refractivity contribution >= 4 is 5.91 Å². The number of carbonyl (C=O) groups excluding carboxylic acids is 1. The van der Waals surface area contributed by atoms with Crippen LogP contribution in [0, 0.1) is 5.82 Å². The van der Waals surface area contributed by atoms with Crippen LogP contribution in [0.15, 0.2) is 36.8 Å². The summed E-state index contributed by atoms with van der Waals surface area (Å²) in [6, 6.07) is 4.01. The summed E-state index contributed by atoms with van der Waals surface area (Å²) in [5, 5.41) is 2.83. The van der Waals surface area contributed by atoms with Crippen LogP contribution in [0.2, 0.25) is 0 Å². The van der Waals surface area contributed by atoms with Gasteiger partial charge in [0.1, 0.15) is 17.3 Å². The van der Waals surface area contributed by atoms with Crippen LogP contribution in [0.5, 0.6) is 5.75 Å². The van der Waals surface area contributed by atoms with Gasteiger partial charge in [-0.15, -0.1) is 0 Å². The highest BCUT2D eigenvalue weighted by Crippen LogP contribution is 2.32. The van der Waals surface area contributed by atoms with E-state index in [1.165, 1.54) is 30.7 Å². The molecule has 1 aliphatic rings. The molecule has 0 aliphatic carbocycles. The average Bonchev–Trinajstić information content (AvgIpc) is 2.49. The molecule has 1 atom stereocenters. The third-order valence-electron chi connectivity index (χ3n) is 3.11. The van der Waals surface area contributed by atoms with Crippen LogP contribution in [0.3, 0.4) is 0 Å². The first-order valence-corrected chi connectivity index (χ1v) is 6.23. The van der Waals surface area contributed by atoms with Crippen LogP contribution in [0.4, 0.5) is 4.39 Å². The molecule has 1 N–H and O–H groups in total. The number of nitrogens with zero attached hydrogens (tertiary/aromatic N) is 2. The predicted molar refractivity (Wildman–Crippen MR) is 68.8 cm³/mol. The smallest absolute Gasteiger partial charge is 0.271 e. The van der Waals surface area contributed by atoms with E-state index in [1.54, 1.807) is 6.07 Å². The topological polar surface area (TPSA) is 64.1 Å². The fourth-order valence-electron chi connectivity index (χ4n) is 2.16. The van der Waals surface area contributed by atoms with Gasteiger partial charge in [-0.25, -0.2) is 9.37 Å². The fraction of sp³-hybridized carbons (Fsp3) is 0.214. The lowest BCUT2D eigenvalue weighted by Gasteiger charge is -2.26.